The number of primary amides is 1. The summed E-state index contributed by atoms with van der Waals surface area (Å²) in [7, 11) is 0. The first kappa shape index (κ1) is 17.2. The Hall–Kier alpha value is -1.79. The van der Waals surface area contributed by atoms with Crippen molar-refractivity contribution in [3.05, 3.63) is 0 Å². The Morgan fingerprint density at radius 1 is 1.21 bits per heavy atom. The number of hydrogen-bond acceptors (Lipinski definition) is 3. The molecule has 0 bridgehead atoms. The third-order valence-electron chi connectivity index (χ3n) is 2.55. The fourth-order valence-corrected chi connectivity index (χ4v) is 1.64. The number of amides is 3. The number of nitrogens with one attached hydrogen (secondary N) is 1. The molecule has 4 N–H and O–H groups in total. The van der Waals surface area contributed by atoms with Crippen molar-refractivity contribution in [2.45, 2.75) is 45.6 Å². The maximum Gasteiger partial charge on any atom is 0.326 e. The first-order chi connectivity index (χ1) is 8.92. The Labute approximate surface area is 113 Å². The van der Waals surface area contributed by atoms with E-state index in [2.05, 4.69) is 5.32 Å². The van der Waals surface area contributed by atoms with Crippen LogP contribution in [-0.4, -0.2) is 47.0 Å². The summed E-state index contributed by atoms with van der Waals surface area (Å²) in [4.78, 5) is 35.1. The van der Waals surface area contributed by atoms with Crippen molar-refractivity contribution in [1.29, 1.82) is 0 Å². The zero-order chi connectivity index (χ0) is 14.8. The van der Waals surface area contributed by atoms with Gasteiger partial charge in [-0.15, -0.1) is 0 Å². The van der Waals surface area contributed by atoms with Crippen LogP contribution in [0.2, 0.25) is 0 Å². The van der Waals surface area contributed by atoms with E-state index in [1.54, 1.807) is 4.90 Å². The van der Waals surface area contributed by atoms with Crippen LogP contribution in [0.4, 0.5) is 4.79 Å². The highest BCUT2D eigenvalue weighted by Gasteiger charge is 2.22. The molecule has 0 aliphatic heterocycles. The SMILES string of the molecule is CCCN(CCC)C(=O)N[C@@H](CCC(N)=O)C(=O)O. The first-order valence-electron chi connectivity index (χ1n) is 6.48. The number of nitrogens with two attached hydrogens (primary N) is 1. The van der Waals surface area contributed by atoms with Gasteiger partial charge in [-0.25, -0.2) is 9.59 Å². The molecule has 0 aromatic heterocycles. The zero-order valence-corrected chi connectivity index (χ0v) is 11.5. The molecule has 7 heteroatoms. The van der Waals surface area contributed by atoms with E-state index in [9.17, 15) is 14.4 Å². The molecule has 110 valence electrons. The second-order valence-electron chi connectivity index (χ2n) is 4.33. The minimum absolute atomic E-state index is 0.00248. The predicted octanol–water partition coefficient (Wildman–Crippen LogP) is 0.537. The normalized spacial score (nSPS) is 11.7. The van der Waals surface area contributed by atoms with Crippen molar-refractivity contribution in [3.63, 3.8) is 0 Å². The second-order valence-corrected chi connectivity index (χ2v) is 4.33. The largest absolute Gasteiger partial charge is 0.480 e. The fraction of sp³-hybridized carbons (Fsp3) is 0.750. The molecule has 0 saturated carbocycles. The Morgan fingerprint density at radius 2 is 1.74 bits per heavy atom. The molecule has 0 rings (SSSR count). The van der Waals surface area contributed by atoms with Crippen LogP contribution in [0.25, 0.3) is 0 Å². The number of carboxylic acids is 1. The Balaban J connectivity index is 4.49. The van der Waals surface area contributed by atoms with E-state index in [-0.39, 0.29) is 12.8 Å². The number of carbonyl (C=O) groups is 3. The van der Waals surface area contributed by atoms with Gasteiger partial charge in [-0.3, -0.25) is 4.79 Å². The van der Waals surface area contributed by atoms with Crippen molar-refractivity contribution in [3.8, 4) is 0 Å². The minimum atomic E-state index is -1.16. The van der Waals surface area contributed by atoms with Gasteiger partial charge in [0.15, 0.2) is 0 Å². The van der Waals surface area contributed by atoms with E-state index in [0.717, 1.165) is 12.8 Å². The lowest BCUT2D eigenvalue weighted by Gasteiger charge is -2.24. The van der Waals surface area contributed by atoms with Gasteiger partial charge < -0.3 is 21.1 Å². The van der Waals surface area contributed by atoms with Crippen LogP contribution in [0.3, 0.4) is 0 Å². The molecular weight excluding hydrogens is 250 g/mol. The summed E-state index contributed by atoms with van der Waals surface area (Å²) < 4.78 is 0. The van der Waals surface area contributed by atoms with Gasteiger partial charge in [0.2, 0.25) is 5.91 Å². The topological polar surface area (TPSA) is 113 Å². The molecule has 0 aliphatic carbocycles. The number of urea groups is 1. The Bertz CT molecular complexity index is 314. The van der Waals surface area contributed by atoms with E-state index < -0.39 is 23.9 Å². The maximum absolute atomic E-state index is 11.9. The fourth-order valence-electron chi connectivity index (χ4n) is 1.64. The molecule has 0 saturated heterocycles. The van der Waals surface area contributed by atoms with Crippen molar-refractivity contribution in [2.75, 3.05) is 13.1 Å². The number of rotatable bonds is 9. The van der Waals surface area contributed by atoms with Crippen molar-refractivity contribution < 1.29 is 19.5 Å². The van der Waals surface area contributed by atoms with E-state index >= 15 is 0 Å². The number of hydrogen-bond donors (Lipinski definition) is 3. The van der Waals surface area contributed by atoms with Crippen LogP contribution in [0, 0.1) is 0 Å². The summed E-state index contributed by atoms with van der Waals surface area (Å²) in [5.41, 5.74) is 4.97. The lowest BCUT2D eigenvalue weighted by atomic mass is 10.1. The van der Waals surface area contributed by atoms with Crippen LogP contribution < -0.4 is 11.1 Å². The molecule has 0 radical (unpaired) electrons. The van der Waals surface area contributed by atoms with Crippen molar-refractivity contribution in [1.82, 2.24) is 10.2 Å². The molecule has 0 unspecified atom stereocenters. The van der Waals surface area contributed by atoms with Crippen LogP contribution >= 0.6 is 0 Å². The van der Waals surface area contributed by atoms with Gasteiger partial charge in [-0.05, 0) is 19.3 Å². The van der Waals surface area contributed by atoms with E-state index in [1.165, 1.54) is 0 Å². The summed E-state index contributed by atoms with van der Waals surface area (Å²) in [6, 6.07) is -1.50. The number of aliphatic carboxylic acids is 1. The third kappa shape index (κ3) is 7.28. The van der Waals surface area contributed by atoms with Crippen LogP contribution in [0.5, 0.6) is 0 Å². The van der Waals surface area contributed by atoms with Gasteiger partial charge in [0, 0.05) is 19.5 Å². The number of carboxylic acid groups (broad SMARTS) is 1. The molecule has 3 amide bonds. The summed E-state index contributed by atoms with van der Waals surface area (Å²) in [6.07, 6.45) is 1.53. The Kier molecular flexibility index (Phi) is 8.32. The van der Waals surface area contributed by atoms with Crippen LogP contribution in [-0.2, 0) is 9.59 Å². The highest BCUT2D eigenvalue weighted by atomic mass is 16.4. The molecule has 19 heavy (non-hydrogen) atoms. The monoisotopic (exact) mass is 273 g/mol. The van der Waals surface area contributed by atoms with Gasteiger partial charge in [-0.2, -0.15) is 0 Å². The smallest absolute Gasteiger partial charge is 0.326 e. The molecular formula is C12H23N3O4. The highest BCUT2D eigenvalue weighted by molar-refractivity contribution is 5.83. The van der Waals surface area contributed by atoms with E-state index in [0.29, 0.717) is 13.1 Å². The molecule has 0 spiro atoms. The summed E-state index contributed by atoms with van der Waals surface area (Å²) in [5, 5.41) is 11.4. The first-order valence-corrected chi connectivity index (χ1v) is 6.48. The molecule has 1 atom stereocenters. The molecule has 7 nitrogen and oxygen atoms in total. The highest BCUT2D eigenvalue weighted by Crippen LogP contribution is 2.01. The van der Waals surface area contributed by atoms with Gasteiger partial charge >= 0.3 is 12.0 Å². The van der Waals surface area contributed by atoms with Crippen LogP contribution in [0.1, 0.15) is 39.5 Å². The molecule has 0 heterocycles. The molecule has 0 aliphatic rings. The second kappa shape index (κ2) is 9.18. The van der Waals surface area contributed by atoms with E-state index in [4.69, 9.17) is 10.8 Å². The predicted molar refractivity (Wildman–Crippen MR) is 70.5 cm³/mol. The number of nitrogens with zero attached hydrogens (tertiary/aromatic N) is 1. The van der Waals surface area contributed by atoms with Gasteiger partial charge in [0.25, 0.3) is 0 Å². The van der Waals surface area contributed by atoms with Gasteiger partial charge in [0.05, 0.1) is 0 Å². The lowest BCUT2D eigenvalue weighted by molar-refractivity contribution is -0.139. The lowest BCUT2D eigenvalue weighted by Crippen LogP contribution is -2.48. The van der Waals surface area contributed by atoms with Crippen molar-refractivity contribution in [2.24, 2.45) is 5.73 Å². The van der Waals surface area contributed by atoms with Crippen molar-refractivity contribution >= 4 is 17.9 Å². The maximum atomic E-state index is 11.9. The van der Waals surface area contributed by atoms with Crippen LogP contribution in [0.15, 0.2) is 0 Å². The minimum Gasteiger partial charge on any atom is -0.480 e. The van der Waals surface area contributed by atoms with E-state index in [1.807, 2.05) is 13.8 Å². The summed E-state index contributed by atoms with van der Waals surface area (Å²) >= 11 is 0. The third-order valence-corrected chi connectivity index (χ3v) is 2.55. The molecule has 0 aromatic carbocycles. The quantitative estimate of drug-likeness (QED) is 0.569. The molecule has 0 aromatic rings. The summed E-state index contributed by atoms with van der Waals surface area (Å²) in [6.45, 7) is 5.03. The standard InChI is InChI=1S/C12H23N3O4/c1-3-7-15(8-4-2)12(19)14-9(11(17)18)5-6-10(13)16/h9H,3-8H2,1-2H3,(H2,13,16)(H,14,19)(H,17,18)/t9-/m0/s1. The zero-order valence-electron chi connectivity index (χ0n) is 11.5. The average Bonchev–Trinajstić information content (AvgIpc) is 2.33. The molecule has 0 fully saturated rings. The average molecular weight is 273 g/mol. The summed E-state index contributed by atoms with van der Waals surface area (Å²) in [5.74, 6) is -1.75. The Morgan fingerprint density at radius 3 is 2.11 bits per heavy atom. The number of carbonyl (C=O) groups excluding carboxylic acids is 2. The van der Waals surface area contributed by atoms with Gasteiger partial charge in [0.1, 0.15) is 6.04 Å². The van der Waals surface area contributed by atoms with Gasteiger partial charge in [-0.1, -0.05) is 13.8 Å².